The van der Waals surface area contributed by atoms with E-state index in [4.69, 9.17) is 11.6 Å². The predicted molar refractivity (Wildman–Crippen MR) is 96.3 cm³/mol. The lowest BCUT2D eigenvalue weighted by Gasteiger charge is -2.02. The van der Waals surface area contributed by atoms with Crippen LogP contribution in [0.15, 0.2) is 63.5 Å². The molecule has 0 saturated heterocycles. The van der Waals surface area contributed by atoms with Crippen LogP contribution in [0.3, 0.4) is 0 Å². The summed E-state index contributed by atoms with van der Waals surface area (Å²) in [5, 5.41) is 3.22. The number of aromatic amines is 1. The zero-order valence-corrected chi connectivity index (χ0v) is 13.8. The van der Waals surface area contributed by atoms with Crippen LogP contribution in [0.5, 0.6) is 0 Å². The number of para-hydroxylation sites is 1. The van der Waals surface area contributed by atoms with Crippen molar-refractivity contribution >= 4 is 33.8 Å². The fourth-order valence-electron chi connectivity index (χ4n) is 2.46. The molecule has 4 aromatic rings. The van der Waals surface area contributed by atoms with E-state index >= 15 is 0 Å². The lowest BCUT2D eigenvalue weighted by atomic mass is 10.2. The summed E-state index contributed by atoms with van der Waals surface area (Å²) >= 11 is 7.13. The molecular weight excluding hydrogens is 346 g/mol. The summed E-state index contributed by atoms with van der Waals surface area (Å²) in [6, 6.07) is 14.1. The number of aromatic nitrogens is 3. The molecule has 2 aromatic carbocycles. The van der Waals surface area contributed by atoms with Gasteiger partial charge in [0.05, 0.1) is 16.6 Å². The Balaban J connectivity index is 1.89. The molecule has 0 radical (unpaired) electrons. The summed E-state index contributed by atoms with van der Waals surface area (Å²) in [6.45, 7) is 0. The normalized spacial score (nSPS) is 11.0. The van der Waals surface area contributed by atoms with E-state index in [1.807, 2.05) is 12.1 Å². The van der Waals surface area contributed by atoms with Crippen LogP contribution in [0, 0.1) is 0 Å². The summed E-state index contributed by atoms with van der Waals surface area (Å²) in [5.74, 6) is 0. The minimum Gasteiger partial charge on any atom is -0.306 e. The largest absolute Gasteiger partial charge is 0.335 e. The summed E-state index contributed by atoms with van der Waals surface area (Å²) in [5.41, 5.74) is 1.18. The molecule has 0 saturated carbocycles. The first-order chi connectivity index (χ1) is 11.6. The maximum Gasteiger partial charge on any atom is 0.335 e. The second-order valence-corrected chi connectivity index (χ2v) is 6.41. The number of fused-ring (bicyclic) bond motifs is 1. The van der Waals surface area contributed by atoms with Gasteiger partial charge in [0.25, 0.3) is 5.56 Å². The molecule has 0 amide bonds. The predicted octanol–water partition coefficient (Wildman–Crippen LogP) is 3.46. The minimum atomic E-state index is -0.504. The molecule has 2 heterocycles. The van der Waals surface area contributed by atoms with Crippen LogP contribution in [-0.4, -0.2) is 14.5 Å². The third-order valence-electron chi connectivity index (χ3n) is 3.63. The van der Waals surface area contributed by atoms with Crippen molar-refractivity contribution < 1.29 is 0 Å². The number of hydrogen-bond acceptors (Lipinski definition) is 4. The molecule has 0 unspecified atom stereocenters. The number of H-pyrrole nitrogens is 1. The van der Waals surface area contributed by atoms with Crippen molar-refractivity contribution in [3.05, 3.63) is 79.8 Å². The average Bonchev–Trinajstić information content (AvgIpc) is 3.05. The van der Waals surface area contributed by atoms with E-state index in [1.54, 1.807) is 41.8 Å². The quantitative estimate of drug-likeness (QED) is 0.598. The third kappa shape index (κ3) is 2.46. The van der Waals surface area contributed by atoms with E-state index < -0.39 is 5.69 Å². The number of nitrogens with one attached hydrogen (secondary N) is 1. The second-order valence-electron chi connectivity index (χ2n) is 5.14. The Bertz CT molecular complexity index is 1160. The number of halogens is 1. The molecule has 0 bridgehead atoms. The third-order valence-corrected chi connectivity index (χ3v) is 4.71. The van der Waals surface area contributed by atoms with Gasteiger partial charge in [-0.2, -0.15) is 0 Å². The summed E-state index contributed by atoms with van der Waals surface area (Å²) in [7, 11) is 0. The van der Waals surface area contributed by atoms with Gasteiger partial charge in [-0.3, -0.25) is 4.79 Å². The van der Waals surface area contributed by atoms with Gasteiger partial charge >= 0.3 is 5.69 Å². The van der Waals surface area contributed by atoms with Gasteiger partial charge in [0.2, 0.25) is 5.13 Å². The number of benzene rings is 2. The molecule has 2 aromatic heterocycles. The Morgan fingerprint density at radius 1 is 1.04 bits per heavy atom. The number of thiazole rings is 1. The zero-order chi connectivity index (χ0) is 16.7. The highest BCUT2D eigenvalue weighted by Gasteiger charge is 2.13. The molecule has 0 aliphatic carbocycles. The van der Waals surface area contributed by atoms with Crippen molar-refractivity contribution in [3.63, 3.8) is 0 Å². The first-order valence-electron chi connectivity index (χ1n) is 7.09. The number of nitrogens with zero attached hydrogens (tertiary/aromatic N) is 2. The van der Waals surface area contributed by atoms with Crippen molar-refractivity contribution in [2.24, 2.45) is 0 Å². The van der Waals surface area contributed by atoms with E-state index in [0.717, 1.165) is 10.1 Å². The number of rotatable bonds is 2. The van der Waals surface area contributed by atoms with Crippen molar-refractivity contribution in [2.45, 2.75) is 0 Å². The van der Waals surface area contributed by atoms with E-state index in [0.29, 0.717) is 26.8 Å². The maximum absolute atomic E-state index is 12.6. The highest BCUT2D eigenvalue weighted by molar-refractivity contribution is 7.12. The van der Waals surface area contributed by atoms with Gasteiger partial charge in [-0.15, -0.1) is 11.3 Å². The average molecular weight is 356 g/mol. The SMILES string of the molecule is O=c1[nH]c2ccccc2c(=O)n1-c1nc(-c2ccc(Cl)cc2)cs1. The van der Waals surface area contributed by atoms with Crippen molar-refractivity contribution in [2.75, 3.05) is 0 Å². The van der Waals surface area contributed by atoms with Gasteiger partial charge in [-0.1, -0.05) is 35.9 Å². The fourth-order valence-corrected chi connectivity index (χ4v) is 3.41. The van der Waals surface area contributed by atoms with Crippen LogP contribution < -0.4 is 11.2 Å². The molecule has 0 fully saturated rings. The van der Waals surface area contributed by atoms with Crippen LogP contribution in [0.2, 0.25) is 5.02 Å². The Labute approximate surface area is 144 Å². The lowest BCUT2D eigenvalue weighted by Crippen LogP contribution is -2.33. The molecular formula is C17H10ClN3O2S. The van der Waals surface area contributed by atoms with E-state index in [1.165, 1.54) is 11.3 Å². The van der Waals surface area contributed by atoms with Crippen molar-refractivity contribution in [1.82, 2.24) is 14.5 Å². The highest BCUT2D eigenvalue weighted by atomic mass is 35.5. The highest BCUT2D eigenvalue weighted by Crippen LogP contribution is 2.24. The molecule has 0 atom stereocenters. The zero-order valence-electron chi connectivity index (χ0n) is 12.2. The topological polar surface area (TPSA) is 67.8 Å². The number of hydrogen-bond donors (Lipinski definition) is 1. The summed E-state index contributed by atoms with van der Waals surface area (Å²) in [6.07, 6.45) is 0. The first-order valence-corrected chi connectivity index (χ1v) is 8.35. The van der Waals surface area contributed by atoms with Crippen LogP contribution in [0.1, 0.15) is 0 Å². The molecule has 7 heteroatoms. The molecule has 24 heavy (non-hydrogen) atoms. The standard InChI is InChI=1S/C17H10ClN3O2S/c18-11-7-5-10(6-8-11)14-9-24-17(20-14)21-15(22)12-3-1-2-4-13(12)19-16(21)23/h1-9H,(H,19,23). The molecule has 0 aliphatic heterocycles. The van der Waals surface area contributed by atoms with Crippen LogP contribution in [0.25, 0.3) is 27.3 Å². The Hall–Kier alpha value is -2.70. The van der Waals surface area contributed by atoms with Crippen LogP contribution >= 0.6 is 22.9 Å². The van der Waals surface area contributed by atoms with Crippen LogP contribution in [-0.2, 0) is 0 Å². The monoisotopic (exact) mass is 355 g/mol. The Morgan fingerprint density at radius 2 is 1.79 bits per heavy atom. The molecule has 1 N–H and O–H groups in total. The van der Waals surface area contributed by atoms with Gasteiger partial charge in [0, 0.05) is 16.0 Å². The first kappa shape index (κ1) is 14.9. The fraction of sp³-hybridized carbons (Fsp3) is 0. The second kappa shape index (κ2) is 5.74. The lowest BCUT2D eigenvalue weighted by molar-refractivity contribution is 0.891. The van der Waals surface area contributed by atoms with Gasteiger partial charge in [-0.05, 0) is 24.3 Å². The minimum absolute atomic E-state index is 0.331. The van der Waals surface area contributed by atoms with Gasteiger partial charge in [0.15, 0.2) is 0 Å². The molecule has 0 spiro atoms. The van der Waals surface area contributed by atoms with E-state index in [-0.39, 0.29) is 5.56 Å². The van der Waals surface area contributed by atoms with E-state index in [2.05, 4.69) is 9.97 Å². The van der Waals surface area contributed by atoms with Gasteiger partial charge in [-0.25, -0.2) is 14.3 Å². The van der Waals surface area contributed by atoms with E-state index in [9.17, 15) is 9.59 Å². The van der Waals surface area contributed by atoms with Crippen LogP contribution in [0.4, 0.5) is 0 Å². The molecule has 118 valence electrons. The van der Waals surface area contributed by atoms with Gasteiger partial charge < -0.3 is 4.98 Å². The molecule has 4 rings (SSSR count). The van der Waals surface area contributed by atoms with Gasteiger partial charge in [0.1, 0.15) is 0 Å². The Kier molecular flexibility index (Phi) is 3.55. The van der Waals surface area contributed by atoms with Crippen molar-refractivity contribution in [3.8, 4) is 16.4 Å². The molecule has 5 nitrogen and oxygen atoms in total. The smallest absolute Gasteiger partial charge is 0.306 e. The Morgan fingerprint density at radius 3 is 2.58 bits per heavy atom. The molecule has 0 aliphatic rings. The van der Waals surface area contributed by atoms with Crippen molar-refractivity contribution in [1.29, 1.82) is 0 Å². The summed E-state index contributed by atoms with van der Waals surface area (Å²) in [4.78, 5) is 32.1. The summed E-state index contributed by atoms with van der Waals surface area (Å²) < 4.78 is 1.06. The maximum atomic E-state index is 12.6.